The van der Waals surface area contributed by atoms with Crippen LogP contribution in [0.1, 0.15) is 10.4 Å². The van der Waals surface area contributed by atoms with E-state index < -0.39 is 0 Å². The van der Waals surface area contributed by atoms with Gasteiger partial charge in [-0.1, -0.05) is 0 Å². The molecule has 0 amide bonds. The summed E-state index contributed by atoms with van der Waals surface area (Å²) in [5.41, 5.74) is 1.40. The number of hydrogen-bond acceptors (Lipinski definition) is 1. The van der Waals surface area contributed by atoms with Gasteiger partial charge >= 0.3 is 0 Å². The topological polar surface area (TPSA) is 4.93 Å². The normalized spacial score (nSPS) is 10.4. The molecular formula is C10H11NS. The Morgan fingerprint density at radius 1 is 1.33 bits per heavy atom. The van der Waals surface area contributed by atoms with Crippen LogP contribution < -0.4 is 0 Å². The maximum absolute atomic E-state index is 2.24. The van der Waals surface area contributed by atoms with Crippen molar-refractivity contribution in [3.8, 4) is 0 Å². The minimum absolute atomic E-state index is 0.997. The minimum Gasteiger partial charge on any atom is -0.350 e. The maximum Gasteiger partial charge on any atom is 0.0478 e. The summed E-state index contributed by atoms with van der Waals surface area (Å²) in [4.78, 5) is 1.39. The fourth-order valence-corrected chi connectivity index (χ4v) is 1.97. The first-order valence-corrected chi connectivity index (χ1v) is 4.87. The molecule has 0 aliphatic rings. The molecule has 1 nitrogen and oxygen atoms in total. The Balaban J connectivity index is 2.14. The summed E-state index contributed by atoms with van der Waals surface area (Å²) in [6.45, 7) is 3.14. The van der Waals surface area contributed by atoms with Crippen molar-refractivity contribution in [3.05, 3.63) is 46.4 Å². The van der Waals surface area contributed by atoms with E-state index in [1.165, 1.54) is 10.4 Å². The largest absolute Gasteiger partial charge is 0.350 e. The molecule has 2 aromatic rings. The minimum atomic E-state index is 0.997. The lowest BCUT2D eigenvalue weighted by molar-refractivity contribution is 0.809. The molecule has 0 saturated heterocycles. The van der Waals surface area contributed by atoms with Crippen LogP contribution in [0.5, 0.6) is 0 Å². The van der Waals surface area contributed by atoms with Gasteiger partial charge in [-0.2, -0.15) is 0 Å². The summed E-state index contributed by atoms with van der Waals surface area (Å²) in [5.74, 6) is 0. The molecule has 0 fully saturated rings. The SMILES string of the molecule is Cc1cc(Cn2cccc2)cs1. The molecule has 2 rings (SSSR count). The quantitative estimate of drug-likeness (QED) is 0.664. The van der Waals surface area contributed by atoms with Crippen molar-refractivity contribution in [2.75, 3.05) is 0 Å². The molecule has 0 unspecified atom stereocenters. The predicted molar refractivity (Wildman–Crippen MR) is 52.6 cm³/mol. The lowest BCUT2D eigenvalue weighted by atomic mass is 10.3. The summed E-state index contributed by atoms with van der Waals surface area (Å²) >= 11 is 1.81. The molecule has 2 aromatic heterocycles. The van der Waals surface area contributed by atoms with Gasteiger partial charge in [0.25, 0.3) is 0 Å². The highest BCUT2D eigenvalue weighted by atomic mass is 32.1. The zero-order chi connectivity index (χ0) is 8.39. The molecule has 0 bridgehead atoms. The highest BCUT2D eigenvalue weighted by Gasteiger charge is 1.95. The van der Waals surface area contributed by atoms with Crippen LogP contribution in [0.15, 0.2) is 36.0 Å². The van der Waals surface area contributed by atoms with Gasteiger partial charge in [0.05, 0.1) is 0 Å². The predicted octanol–water partition coefficient (Wildman–Crippen LogP) is 2.91. The van der Waals surface area contributed by atoms with Gasteiger partial charge in [-0.05, 0) is 36.1 Å². The number of rotatable bonds is 2. The van der Waals surface area contributed by atoms with Crippen molar-refractivity contribution in [1.29, 1.82) is 0 Å². The van der Waals surface area contributed by atoms with Crippen molar-refractivity contribution >= 4 is 11.3 Å². The lowest BCUT2D eigenvalue weighted by Crippen LogP contribution is -1.93. The second-order valence-electron chi connectivity index (χ2n) is 2.92. The first-order valence-electron chi connectivity index (χ1n) is 3.99. The molecule has 0 N–H and O–H groups in total. The van der Waals surface area contributed by atoms with Crippen molar-refractivity contribution in [2.45, 2.75) is 13.5 Å². The Bertz CT molecular complexity index is 346. The molecule has 62 valence electrons. The Labute approximate surface area is 76.3 Å². The first-order chi connectivity index (χ1) is 5.84. The third kappa shape index (κ3) is 1.59. The number of hydrogen-bond donors (Lipinski definition) is 0. The average Bonchev–Trinajstić information content (AvgIpc) is 2.63. The third-order valence-electron chi connectivity index (χ3n) is 1.82. The number of aryl methyl sites for hydroxylation is 1. The molecule has 0 aromatic carbocycles. The molecule has 0 radical (unpaired) electrons. The van der Waals surface area contributed by atoms with Gasteiger partial charge in [0.2, 0.25) is 0 Å². The highest BCUT2D eigenvalue weighted by Crippen LogP contribution is 2.13. The van der Waals surface area contributed by atoms with Crippen LogP contribution >= 0.6 is 11.3 Å². The van der Waals surface area contributed by atoms with Gasteiger partial charge in [0.1, 0.15) is 0 Å². The van der Waals surface area contributed by atoms with Crippen molar-refractivity contribution in [1.82, 2.24) is 4.57 Å². The van der Waals surface area contributed by atoms with Crippen LogP contribution in [0.25, 0.3) is 0 Å². The van der Waals surface area contributed by atoms with Gasteiger partial charge in [0, 0.05) is 23.8 Å². The summed E-state index contributed by atoms with van der Waals surface area (Å²) in [6, 6.07) is 6.35. The van der Waals surface area contributed by atoms with Crippen LogP contribution in [-0.2, 0) is 6.54 Å². The van der Waals surface area contributed by atoms with Crippen LogP contribution in [0, 0.1) is 6.92 Å². The standard InChI is InChI=1S/C10H11NS/c1-9-6-10(8-12-9)7-11-4-2-3-5-11/h2-6,8H,7H2,1H3. The average molecular weight is 177 g/mol. The third-order valence-corrected chi connectivity index (χ3v) is 2.73. The van der Waals surface area contributed by atoms with E-state index in [-0.39, 0.29) is 0 Å². The van der Waals surface area contributed by atoms with Crippen molar-refractivity contribution in [3.63, 3.8) is 0 Å². The molecule has 12 heavy (non-hydrogen) atoms. The summed E-state index contributed by atoms with van der Waals surface area (Å²) in [6.07, 6.45) is 4.18. The maximum atomic E-state index is 2.24. The van der Waals surface area contributed by atoms with E-state index in [1.54, 1.807) is 0 Å². The van der Waals surface area contributed by atoms with Gasteiger partial charge in [0.15, 0.2) is 0 Å². The Morgan fingerprint density at radius 2 is 2.08 bits per heavy atom. The van der Waals surface area contributed by atoms with Gasteiger partial charge in [-0.25, -0.2) is 0 Å². The molecule has 2 heteroatoms. The van der Waals surface area contributed by atoms with E-state index in [2.05, 4.69) is 47.5 Å². The zero-order valence-corrected chi connectivity index (χ0v) is 7.84. The Morgan fingerprint density at radius 3 is 2.67 bits per heavy atom. The fraction of sp³-hybridized carbons (Fsp3) is 0.200. The molecule has 0 atom stereocenters. The molecule has 2 heterocycles. The molecule has 0 spiro atoms. The second-order valence-corrected chi connectivity index (χ2v) is 4.04. The van der Waals surface area contributed by atoms with Crippen LogP contribution in [-0.4, -0.2) is 4.57 Å². The van der Waals surface area contributed by atoms with E-state index in [4.69, 9.17) is 0 Å². The van der Waals surface area contributed by atoms with Gasteiger partial charge in [-0.3, -0.25) is 0 Å². The first kappa shape index (κ1) is 7.62. The van der Waals surface area contributed by atoms with Crippen LogP contribution in [0.4, 0.5) is 0 Å². The van der Waals surface area contributed by atoms with E-state index >= 15 is 0 Å². The van der Waals surface area contributed by atoms with E-state index in [0.29, 0.717) is 0 Å². The Kier molecular flexibility index (Phi) is 2.00. The van der Waals surface area contributed by atoms with Gasteiger partial charge in [-0.15, -0.1) is 11.3 Å². The molecule has 0 aliphatic heterocycles. The summed E-state index contributed by atoms with van der Waals surface area (Å²) < 4.78 is 2.18. The monoisotopic (exact) mass is 177 g/mol. The molecule has 0 saturated carbocycles. The zero-order valence-electron chi connectivity index (χ0n) is 7.03. The lowest BCUT2D eigenvalue weighted by Gasteiger charge is -1.98. The molecule has 0 aliphatic carbocycles. The second kappa shape index (κ2) is 3.15. The number of aromatic nitrogens is 1. The van der Waals surface area contributed by atoms with Crippen molar-refractivity contribution in [2.24, 2.45) is 0 Å². The van der Waals surface area contributed by atoms with Crippen LogP contribution in [0.2, 0.25) is 0 Å². The number of nitrogens with zero attached hydrogens (tertiary/aromatic N) is 1. The Hall–Kier alpha value is -1.02. The smallest absolute Gasteiger partial charge is 0.0478 e. The van der Waals surface area contributed by atoms with Gasteiger partial charge < -0.3 is 4.57 Å². The van der Waals surface area contributed by atoms with E-state index in [9.17, 15) is 0 Å². The summed E-state index contributed by atoms with van der Waals surface area (Å²) in [7, 11) is 0. The highest BCUT2D eigenvalue weighted by molar-refractivity contribution is 7.10. The van der Waals surface area contributed by atoms with Crippen LogP contribution in [0.3, 0.4) is 0 Å². The van der Waals surface area contributed by atoms with E-state index in [0.717, 1.165) is 6.54 Å². The fourth-order valence-electron chi connectivity index (χ4n) is 1.27. The van der Waals surface area contributed by atoms with Crippen molar-refractivity contribution < 1.29 is 0 Å². The molecular weight excluding hydrogens is 166 g/mol. The number of thiophene rings is 1. The van der Waals surface area contributed by atoms with E-state index in [1.807, 2.05) is 11.3 Å². The summed E-state index contributed by atoms with van der Waals surface area (Å²) in [5, 5.41) is 2.22.